The Balaban J connectivity index is 1.55. The molecular formula is C15H18FN5O2S. The highest BCUT2D eigenvalue weighted by Gasteiger charge is 2.28. The summed E-state index contributed by atoms with van der Waals surface area (Å²) in [6.45, 7) is 0.497. The number of hydrogen-bond donors (Lipinski definition) is 2. The zero-order valence-electron chi connectivity index (χ0n) is 12.9. The molecule has 1 saturated heterocycles. The van der Waals surface area contributed by atoms with E-state index < -0.39 is 9.84 Å². The third kappa shape index (κ3) is 4.38. The Morgan fingerprint density at radius 1 is 1.29 bits per heavy atom. The predicted octanol–water partition coefficient (Wildman–Crippen LogP) is 1.26. The molecule has 0 spiro atoms. The molecule has 24 heavy (non-hydrogen) atoms. The number of rotatable bonds is 6. The van der Waals surface area contributed by atoms with E-state index in [0.29, 0.717) is 30.8 Å². The summed E-state index contributed by atoms with van der Waals surface area (Å²) in [5.74, 6) is 0.822. The van der Waals surface area contributed by atoms with E-state index in [1.165, 1.54) is 12.3 Å². The van der Waals surface area contributed by atoms with Crippen LogP contribution < -0.4 is 10.6 Å². The molecule has 3 rings (SSSR count). The second-order valence-corrected chi connectivity index (χ2v) is 7.91. The highest BCUT2D eigenvalue weighted by molar-refractivity contribution is 7.91. The van der Waals surface area contributed by atoms with Gasteiger partial charge in [-0.1, -0.05) is 18.2 Å². The van der Waals surface area contributed by atoms with Crippen molar-refractivity contribution in [2.24, 2.45) is 0 Å². The third-order valence-corrected chi connectivity index (χ3v) is 5.55. The lowest BCUT2D eigenvalue weighted by molar-refractivity contribution is 0.601. The molecule has 7 nitrogen and oxygen atoms in total. The van der Waals surface area contributed by atoms with Crippen LogP contribution in [0.3, 0.4) is 0 Å². The molecule has 0 amide bonds. The molecule has 1 aliphatic rings. The Kier molecular flexibility index (Phi) is 4.89. The number of halogens is 1. The molecule has 1 aromatic carbocycles. The SMILES string of the molecule is O=S1(=O)CCC(Nc2nncc(NCCc3ccccc3F)n2)C1. The zero-order chi connectivity index (χ0) is 17.0. The third-order valence-electron chi connectivity index (χ3n) is 3.78. The van der Waals surface area contributed by atoms with Crippen molar-refractivity contribution in [3.63, 3.8) is 0 Å². The molecule has 0 bridgehead atoms. The summed E-state index contributed by atoms with van der Waals surface area (Å²) in [5.41, 5.74) is 0.626. The molecular weight excluding hydrogens is 333 g/mol. The Hall–Kier alpha value is -2.29. The van der Waals surface area contributed by atoms with Gasteiger partial charge in [-0.2, -0.15) is 10.1 Å². The van der Waals surface area contributed by atoms with Gasteiger partial charge in [-0.25, -0.2) is 12.8 Å². The summed E-state index contributed by atoms with van der Waals surface area (Å²) in [6, 6.07) is 6.43. The monoisotopic (exact) mass is 351 g/mol. The second kappa shape index (κ2) is 7.08. The molecule has 9 heteroatoms. The van der Waals surface area contributed by atoms with Gasteiger partial charge in [0.25, 0.3) is 0 Å². The van der Waals surface area contributed by atoms with E-state index in [1.54, 1.807) is 18.2 Å². The van der Waals surface area contributed by atoms with Gasteiger partial charge in [0, 0.05) is 12.6 Å². The van der Waals surface area contributed by atoms with Gasteiger partial charge in [-0.05, 0) is 24.5 Å². The average molecular weight is 351 g/mol. The summed E-state index contributed by atoms with van der Waals surface area (Å²) < 4.78 is 36.5. The van der Waals surface area contributed by atoms with Crippen molar-refractivity contribution in [1.29, 1.82) is 0 Å². The van der Waals surface area contributed by atoms with E-state index >= 15 is 0 Å². The molecule has 1 fully saturated rings. The van der Waals surface area contributed by atoms with E-state index in [1.807, 2.05) is 0 Å². The summed E-state index contributed by atoms with van der Waals surface area (Å²) in [4.78, 5) is 4.25. The van der Waals surface area contributed by atoms with E-state index in [-0.39, 0.29) is 29.3 Å². The van der Waals surface area contributed by atoms with Gasteiger partial charge in [-0.3, -0.25) is 0 Å². The molecule has 2 aromatic rings. The first-order valence-corrected chi connectivity index (χ1v) is 9.48. The van der Waals surface area contributed by atoms with E-state index in [4.69, 9.17) is 0 Å². The van der Waals surface area contributed by atoms with Gasteiger partial charge in [0.05, 0.1) is 17.7 Å². The minimum Gasteiger partial charge on any atom is -0.368 e. The maximum atomic E-state index is 13.5. The van der Waals surface area contributed by atoms with Crippen molar-refractivity contribution in [2.45, 2.75) is 18.9 Å². The standard InChI is InChI=1S/C15H18FN5O2S/c16-13-4-2-1-3-11(13)5-7-17-14-9-18-21-15(20-14)19-12-6-8-24(22,23)10-12/h1-4,9,12H,5-8,10H2,(H2,17,19,20,21). The van der Waals surface area contributed by atoms with Crippen LogP contribution >= 0.6 is 0 Å². The van der Waals surface area contributed by atoms with Crippen molar-refractivity contribution >= 4 is 21.6 Å². The van der Waals surface area contributed by atoms with Crippen molar-refractivity contribution < 1.29 is 12.8 Å². The normalized spacial score (nSPS) is 19.1. The molecule has 0 radical (unpaired) electrons. The van der Waals surface area contributed by atoms with E-state index in [9.17, 15) is 12.8 Å². The van der Waals surface area contributed by atoms with E-state index in [0.717, 1.165) is 0 Å². The minimum atomic E-state index is -2.96. The van der Waals surface area contributed by atoms with Crippen LogP contribution in [0.4, 0.5) is 16.2 Å². The molecule has 1 aliphatic heterocycles. The van der Waals surface area contributed by atoms with Crippen LogP contribution in [0.15, 0.2) is 30.5 Å². The smallest absolute Gasteiger partial charge is 0.244 e. The average Bonchev–Trinajstić information content (AvgIpc) is 2.88. The second-order valence-electron chi connectivity index (χ2n) is 5.68. The minimum absolute atomic E-state index is 0.0846. The lowest BCUT2D eigenvalue weighted by Gasteiger charge is -2.11. The van der Waals surface area contributed by atoms with Crippen LogP contribution in [0.5, 0.6) is 0 Å². The maximum absolute atomic E-state index is 13.5. The number of sulfone groups is 1. The topological polar surface area (TPSA) is 96.9 Å². The molecule has 0 aliphatic carbocycles. The number of anilines is 2. The molecule has 1 aromatic heterocycles. The predicted molar refractivity (Wildman–Crippen MR) is 89.1 cm³/mol. The molecule has 1 atom stereocenters. The van der Waals surface area contributed by atoms with Gasteiger partial charge >= 0.3 is 0 Å². The largest absolute Gasteiger partial charge is 0.368 e. The summed E-state index contributed by atoms with van der Waals surface area (Å²) in [6.07, 6.45) is 2.52. The van der Waals surface area contributed by atoms with Crippen molar-refractivity contribution in [3.05, 3.63) is 41.8 Å². The molecule has 2 heterocycles. The first-order chi connectivity index (χ1) is 11.5. The quantitative estimate of drug-likeness (QED) is 0.809. The Labute approximate surface area is 139 Å². The van der Waals surface area contributed by atoms with Gasteiger partial charge < -0.3 is 10.6 Å². The Morgan fingerprint density at radius 3 is 2.88 bits per heavy atom. The Morgan fingerprint density at radius 2 is 2.12 bits per heavy atom. The first kappa shape index (κ1) is 16.6. The molecule has 1 unspecified atom stereocenters. The molecule has 0 saturated carbocycles. The highest BCUT2D eigenvalue weighted by Crippen LogP contribution is 2.15. The fourth-order valence-corrected chi connectivity index (χ4v) is 4.24. The lowest BCUT2D eigenvalue weighted by atomic mass is 10.1. The highest BCUT2D eigenvalue weighted by atomic mass is 32.2. The van der Waals surface area contributed by atoms with Gasteiger partial charge in [0.2, 0.25) is 5.95 Å². The number of benzene rings is 1. The van der Waals surface area contributed by atoms with Gasteiger partial charge in [-0.15, -0.1) is 5.10 Å². The van der Waals surface area contributed by atoms with Crippen molar-refractivity contribution in [3.8, 4) is 0 Å². The fraction of sp³-hybridized carbons (Fsp3) is 0.400. The maximum Gasteiger partial charge on any atom is 0.244 e. The zero-order valence-corrected chi connectivity index (χ0v) is 13.8. The van der Waals surface area contributed by atoms with E-state index in [2.05, 4.69) is 25.8 Å². The summed E-state index contributed by atoms with van der Waals surface area (Å²) in [7, 11) is -2.96. The Bertz CT molecular complexity index is 815. The van der Waals surface area contributed by atoms with Crippen LogP contribution in [-0.4, -0.2) is 47.7 Å². The number of hydrogen-bond acceptors (Lipinski definition) is 7. The van der Waals surface area contributed by atoms with Gasteiger partial charge in [0.15, 0.2) is 15.7 Å². The fourth-order valence-electron chi connectivity index (χ4n) is 2.57. The van der Waals surface area contributed by atoms with Crippen LogP contribution in [0.1, 0.15) is 12.0 Å². The molecule has 128 valence electrons. The van der Waals surface area contributed by atoms with Crippen LogP contribution in [0, 0.1) is 5.82 Å². The van der Waals surface area contributed by atoms with Crippen LogP contribution in [-0.2, 0) is 16.3 Å². The van der Waals surface area contributed by atoms with Gasteiger partial charge in [0.1, 0.15) is 5.82 Å². The molecule has 2 N–H and O–H groups in total. The lowest BCUT2D eigenvalue weighted by Crippen LogP contribution is -2.22. The summed E-state index contributed by atoms with van der Waals surface area (Å²) >= 11 is 0. The van der Waals surface area contributed by atoms with Crippen molar-refractivity contribution in [2.75, 3.05) is 28.7 Å². The number of aromatic nitrogens is 3. The van der Waals surface area contributed by atoms with Crippen LogP contribution in [0.25, 0.3) is 0 Å². The van der Waals surface area contributed by atoms with Crippen LogP contribution in [0.2, 0.25) is 0 Å². The first-order valence-electron chi connectivity index (χ1n) is 7.66. The summed E-state index contributed by atoms with van der Waals surface area (Å²) in [5, 5.41) is 13.8. The van der Waals surface area contributed by atoms with Crippen molar-refractivity contribution in [1.82, 2.24) is 15.2 Å². The number of nitrogens with zero attached hydrogens (tertiary/aromatic N) is 3. The number of nitrogens with one attached hydrogen (secondary N) is 2.